The Morgan fingerprint density at radius 1 is 1.14 bits per heavy atom. The molecule has 11 heteroatoms. The van der Waals surface area contributed by atoms with Crippen LogP contribution in [0.2, 0.25) is 0 Å². The van der Waals surface area contributed by atoms with Gasteiger partial charge in [0.25, 0.3) is 0 Å². The third-order valence-electron chi connectivity index (χ3n) is 2.67. The van der Waals surface area contributed by atoms with Gasteiger partial charge in [-0.3, -0.25) is 4.79 Å². The molecule has 22 heavy (non-hydrogen) atoms. The summed E-state index contributed by atoms with van der Waals surface area (Å²) in [5, 5.41) is 0. The van der Waals surface area contributed by atoms with Crippen LogP contribution >= 0.6 is 0 Å². The number of sulfone groups is 1. The Morgan fingerprint density at radius 3 is 2.00 bits per heavy atom. The van der Waals surface area contributed by atoms with E-state index in [1.165, 1.54) is 0 Å². The van der Waals surface area contributed by atoms with E-state index in [-0.39, 0.29) is 4.90 Å². The molecular formula is C11H13F2NO6S2. The molecule has 1 rings (SSSR count). The first-order chi connectivity index (χ1) is 10.0. The van der Waals surface area contributed by atoms with Gasteiger partial charge >= 0.3 is 11.7 Å². The Morgan fingerprint density at radius 2 is 1.59 bits per heavy atom. The highest BCUT2D eigenvalue weighted by atomic mass is 32.2. The number of methoxy groups -OCH3 is 1. The minimum Gasteiger partial charge on any atom is -0.468 e. The van der Waals surface area contributed by atoms with Crippen molar-refractivity contribution < 1.29 is 35.1 Å². The highest BCUT2D eigenvalue weighted by Crippen LogP contribution is 2.21. The van der Waals surface area contributed by atoms with E-state index in [0.29, 0.717) is 4.31 Å². The average molecular weight is 357 g/mol. The number of carbonyl (C=O) groups is 1. The second kappa shape index (κ2) is 6.67. The lowest BCUT2D eigenvalue weighted by molar-refractivity contribution is -0.140. The van der Waals surface area contributed by atoms with Gasteiger partial charge in [-0.25, -0.2) is 16.8 Å². The smallest absolute Gasteiger partial charge is 0.341 e. The van der Waals surface area contributed by atoms with Gasteiger partial charge in [0, 0.05) is 7.05 Å². The zero-order valence-corrected chi connectivity index (χ0v) is 13.2. The number of hydrogen-bond donors (Lipinski definition) is 0. The van der Waals surface area contributed by atoms with Crippen molar-refractivity contribution in [3.05, 3.63) is 24.3 Å². The molecular weight excluding hydrogens is 344 g/mol. The number of esters is 1. The van der Waals surface area contributed by atoms with Crippen LogP contribution in [0, 0.1) is 0 Å². The third-order valence-corrected chi connectivity index (χ3v) is 5.89. The molecule has 0 aromatic heterocycles. The molecule has 0 radical (unpaired) electrons. The number of nitrogens with zero attached hydrogens (tertiary/aromatic N) is 1. The maximum absolute atomic E-state index is 12.4. The van der Waals surface area contributed by atoms with Gasteiger partial charge in [0.1, 0.15) is 6.54 Å². The van der Waals surface area contributed by atoms with Gasteiger partial charge in [0.05, 0.1) is 16.9 Å². The SMILES string of the molecule is COC(=O)CN(C)S(=O)(=O)c1ccc(S(=O)(=O)C(F)F)cc1. The molecule has 0 heterocycles. The molecule has 0 N–H and O–H groups in total. The normalized spacial score (nSPS) is 12.6. The molecule has 0 aliphatic rings. The van der Waals surface area contributed by atoms with Crippen LogP contribution < -0.4 is 0 Å². The molecule has 7 nitrogen and oxygen atoms in total. The number of alkyl halides is 2. The molecule has 0 atom stereocenters. The first-order valence-electron chi connectivity index (χ1n) is 5.68. The van der Waals surface area contributed by atoms with E-state index >= 15 is 0 Å². The zero-order valence-electron chi connectivity index (χ0n) is 11.6. The summed E-state index contributed by atoms with van der Waals surface area (Å²) in [6.07, 6.45) is 0. The largest absolute Gasteiger partial charge is 0.468 e. The van der Waals surface area contributed by atoms with Crippen molar-refractivity contribution in [2.45, 2.75) is 15.5 Å². The van der Waals surface area contributed by atoms with E-state index in [2.05, 4.69) is 4.74 Å². The minimum atomic E-state index is -4.80. The summed E-state index contributed by atoms with van der Waals surface area (Å²) >= 11 is 0. The Kier molecular flexibility index (Phi) is 5.59. The fourth-order valence-corrected chi connectivity index (χ4v) is 3.25. The number of hydrogen-bond acceptors (Lipinski definition) is 6. The van der Waals surface area contributed by atoms with E-state index in [4.69, 9.17) is 0 Å². The van der Waals surface area contributed by atoms with Crippen molar-refractivity contribution in [1.82, 2.24) is 4.31 Å². The van der Waals surface area contributed by atoms with Crippen molar-refractivity contribution in [2.24, 2.45) is 0 Å². The average Bonchev–Trinajstić information content (AvgIpc) is 2.46. The first-order valence-corrected chi connectivity index (χ1v) is 8.67. The maximum atomic E-state index is 12.4. The van der Waals surface area contributed by atoms with Gasteiger partial charge in [-0.1, -0.05) is 0 Å². The lowest BCUT2D eigenvalue weighted by Crippen LogP contribution is -2.32. The second-order valence-corrected chi connectivity index (χ2v) is 8.08. The van der Waals surface area contributed by atoms with Crippen LogP contribution in [0.1, 0.15) is 0 Å². The van der Waals surface area contributed by atoms with E-state index in [1.54, 1.807) is 0 Å². The van der Waals surface area contributed by atoms with Crippen molar-refractivity contribution in [3.8, 4) is 0 Å². The number of rotatable bonds is 6. The number of halogens is 2. The summed E-state index contributed by atoms with van der Waals surface area (Å²) in [6, 6.07) is 3.28. The minimum absolute atomic E-state index is 0.341. The number of ether oxygens (including phenoxy) is 1. The Hall–Kier alpha value is -1.59. The van der Waals surface area contributed by atoms with Crippen LogP contribution in [0.25, 0.3) is 0 Å². The highest BCUT2D eigenvalue weighted by Gasteiger charge is 2.28. The van der Waals surface area contributed by atoms with E-state index in [0.717, 1.165) is 38.4 Å². The summed E-state index contributed by atoms with van der Waals surface area (Å²) < 4.78 is 76.5. The molecule has 124 valence electrons. The molecule has 1 aromatic rings. The number of likely N-dealkylation sites (N-methyl/N-ethyl adjacent to an activating group) is 1. The topological polar surface area (TPSA) is 97.8 Å². The van der Waals surface area contributed by atoms with Crippen molar-refractivity contribution in [3.63, 3.8) is 0 Å². The molecule has 0 amide bonds. The molecule has 0 aliphatic carbocycles. The van der Waals surface area contributed by atoms with Gasteiger partial charge in [0.15, 0.2) is 0 Å². The van der Waals surface area contributed by atoms with E-state index in [1.807, 2.05) is 0 Å². The molecule has 0 saturated carbocycles. The van der Waals surface area contributed by atoms with Gasteiger partial charge in [-0.05, 0) is 24.3 Å². The standard InChI is InChI=1S/C11H13F2NO6S2/c1-14(7-10(15)20-2)22(18,19)9-5-3-8(4-6-9)21(16,17)11(12)13/h3-6,11H,7H2,1-2H3. The van der Waals surface area contributed by atoms with Gasteiger partial charge < -0.3 is 4.74 Å². The Balaban J connectivity index is 3.11. The van der Waals surface area contributed by atoms with Crippen molar-refractivity contribution >= 4 is 25.8 Å². The fraction of sp³-hybridized carbons (Fsp3) is 0.364. The van der Waals surface area contributed by atoms with Crippen LogP contribution in [-0.2, 0) is 29.4 Å². The van der Waals surface area contributed by atoms with Crippen LogP contribution in [0.5, 0.6) is 0 Å². The quantitative estimate of drug-likeness (QED) is 0.687. The third kappa shape index (κ3) is 3.78. The Bertz CT molecular complexity index is 743. The molecule has 0 fully saturated rings. The van der Waals surface area contributed by atoms with Gasteiger partial charge in [-0.15, -0.1) is 0 Å². The zero-order chi connectivity index (χ0) is 17.1. The van der Waals surface area contributed by atoms with Crippen LogP contribution in [0.15, 0.2) is 34.1 Å². The van der Waals surface area contributed by atoms with E-state index in [9.17, 15) is 30.4 Å². The van der Waals surface area contributed by atoms with Crippen LogP contribution in [0.3, 0.4) is 0 Å². The molecule has 0 aliphatic heterocycles. The second-order valence-electron chi connectivity index (χ2n) is 4.11. The van der Waals surface area contributed by atoms with Crippen molar-refractivity contribution in [2.75, 3.05) is 20.7 Å². The number of carbonyl (C=O) groups excluding carboxylic acids is 1. The molecule has 0 spiro atoms. The molecule has 0 saturated heterocycles. The van der Waals surface area contributed by atoms with Crippen molar-refractivity contribution in [1.29, 1.82) is 0 Å². The molecule has 0 unspecified atom stereocenters. The maximum Gasteiger partial charge on any atom is 0.341 e. The number of sulfonamides is 1. The van der Waals surface area contributed by atoms with Gasteiger partial charge in [0.2, 0.25) is 19.9 Å². The summed E-state index contributed by atoms with van der Waals surface area (Å²) in [7, 11) is -6.66. The predicted molar refractivity (Wildman–Crippen MR) is 71.5 cm³/mol. The highest BCUT2D eigenvalue weighted by molar-refractivity contribution is 7.91. The number of benzene rings is 1. The summed E-state index contributed by atoms with van der Waals surface area (Å²) in [6.45, 7) is -0.546. The van der Waals surface area contributed by atoms with Crippen LogP contribution in [0.4, 0.5) is 8.78 Å². The fourth-order valence-electron chi connectivity index (χ4n) is 1.42. The van der Waals surface area contributed by atoms with Crippen LogP contribution in [-0.4, -0.2) is 53.6 Å². The Labute approximate surface area is 126 Å². The summed E-state index contributed by atoms with van der Waals surface area (Å²) in [5.41, 5.74) is 0. The lowest BCUT2D eigenvalue weighted by atomic mass is 10.4. The predicted octanol–water partition coefficient (Wildman–Crippen LogP) is 0.476. The first kappa shape index (κ1) is 18.5. The summed E-state index contributed by atoms with van der Waals surface area (Å²) in [4.78, 5) is 10.0. The summed E-state index contributed by atoms with van der Waals surface area (Å²) in [5.74, 6) is -4.39. The molecule has 0 bridgehead atoms. The van der Waals surface area contributed by atoms with Gasteiger partial charge in [-0.2, -0.15) is 13.1 Å². The lowest BCUT2D eigenvalue weighted by Gasteiger charge is -2.16. The molecule has 1 aromatic carbocycles. The monoisotopic (exact) mass is 357 g/mol. The van der Waals surface area contributed by atoms with E-state index < -0.39 is 43.0 Å².